The number of allylic oxidation sites excluding steroid dienone is 3. The Labute approximate surface area is 187 Å². The van der Waals surface area contributed by atoms with E-state index in [1.54, 1.807) is 30.3 Å². The van der Waals surface area contributed by atoms with E-state index < -0.39 is 17.9 Å². The number of hydrogen-bond acceptors (Lipinski definition) is 2. The first-order valence-electron chi connectivity index (χ1n) is 10.2. The number of alkyl halides is 3. The first-order chi connectivity index (χ1) is 15.8. The van der Waals surface area contributed by atoms with Crippen LogP contribution >= 0.6 is 0 Å². The molecule has 2 aliphatic rings. The van der Waals surface area contributed by atoms with Gasteiger partial charge in [-0.05, 0) is 65.7 Å². The average molecular weight is 452 g/mol. The lowest BCUT2D eigenvalue weighted by molar-refractivity contribution is -0.137. The van der Waals surface area contributed by atoms with Crippen LogP contribution in [0.25, 0.3) is 5.57 Å². The van der Waals surface area contributed by atoms with Crippen molar-refractivity contribution in [2.45, 2.75) is 12.3 Å². The fourth-order valence-electron chi connectivity index (χ4n) is 4.12. The van der Waals surface area contributed by atoms with Gasteiger partial charge in [-0.1, -0.05) is 30.3 Å². The van der Waals surface area contributed by atoms with Crippen molar-refractivity contribution in [3.63, 3.8) is 0 Å². The fraction of sp³-hybridized carbons (Fsp3) is 0.0769. The van der Waals surface area contributed by atoms with E-state index in [0.717, 1.165) is 23.4 Å². The van der Waals surface area contributed by atoms with Crippen LogP contribution in [0.4, 0.5) is 27.6 Å². The summed E-state index contributed by atoms with van der Waals surface area (Å²) in [6, 6.07) is 17.1. The molecule has 0 N–H and O–H groups in total. The largest absolute Gasteiger partial charge is 0.416 e. The molecule has 0 bridgehead atoms. The molecule has 3 aromatic carbocycles. The van der Waals surface area contributed by atoms with Crippen molar-refractivity contribution in [2.24, 2.45) is 0 Å². The topological polar surface area (TPSA) is 6.48 Å². The standard InChI is InChI=1S/C26H17F5N2/c27-20-10-12-22(13-11-20)33-16-24-23(17-6-8-19(9-7-17)26(29,30)31)5-2-14-32(24)25(33)18-3-1-4-21(28)15-18/h1-16,25H. The Morgan fingerprint density at radius 3 is 2.15 bits per heavy atom. The van der Waals surface area contributed by atoms with Crippen LogP contribution in [0.5, 0.6) is 0 Å². The van der Waals surface area contributed by atoms with E-state index in [1.165, 1.54) is 36.4 Å². The highest BCUT2D eigenvalue weighted by Gasteiger charge is 2.36. The number of anilines is 1. The lowest BCUT2D eigenvalue weighted by Crippen LogP contribution is -2.29. The van der Waals surface area contributed by atoms with E-state index in [1.807, 2.05) is 28.3 Å². The summed E-state index contributed by atoms with van der Waals surface area (Å²) in [4.78, 5) is 3.81. The van der Waals surface area contributed by atoms with Crippen LogP contribution < -0.4 is 4.90 Å². The lowest BCUT2D eigenvalue weighted by Gasteiger charge is -2.34. The van der Waals surface area contributed by atoms with Crippen LogP contribution in [0.1, 0.15) is 22.9 Å². The molecular formula is C26H17F5N2. The van der Waals surface area contributed by atoms with Crippen LogP contribution in [0.2, 0.25) is 0 Å². The van der Waals surface area contributed by atoms with Gasteiger partial charge < -0.3 is 9.80 Å². The zero-order chi connectivity index (χ0) is 23.2. The van der Waals surface area contributed by atoms with Crippen LogP contribution in [-0.2, 0) is 6.18 Å². The second-order valence-electron chi connectivity index (χ2n) is 7.73. The molecule has 2 heterocycles. The highest BCUT2D eigenvalue weighted by molar-refractivity contribution is 5.83. The minimum Gasteiger partial charge on any atom is -0.321 e. The predicted octanol–water partition coefficient (Wildman–Crippen LogP) is 7.26. The zero-order valence-corrected chi connectivity index (χ0v) is 17.1. The van der Waals surface area contributed by atoms with Gasteiger partial charge in [0.05, 0.1) is 11.3 Å². The van der Waals surface area contributed by atoms with Crippen LogP contribution in [0.3, 0.4) is 0 Å². The van der Waals surface area contributed by atoms with Crippen LogP contribution in [0.15, 0.2) is 103 Å². The molecule has 0 saturated heterocycles. The monoisotopic (exact) mass is 452 g/mol. The fourth-order valence-corrected chi connectivity index (χ4v) is 4.12. The number of rotatable bonds is 3. The van der Waals surface area contributed by atoms with Crippen LogP contribution in [0, 0.1) is 11.6 Å². The summed E-state index contributed by atoms with van der Waals surface area (Å²) >= 11 is 0. The second kappa shape index (κ2) is 7.92. The van der Waals surface area contributed by atoms with Gasteiger partial charge in [0.1, 0.15) is 17.8 Å². The van der Waals surface area contributed by atoms with Gasteiger partial charge in [0, 0.05) is 23.7 Å². The maximum atomic E-state index is 14.1. The Kier molecular flexibility index (Phi) is 5.04. The smallest absolute Gasteiger partial charge is 0.321 e. The van der Waals surface area contributed by atoms with Crippen molar-refractivity contribution in [3.8, 4) is 0 Å². The number of benzene rings is 3. The Balaban J connectivity index is 1.59. The summed E-state index contributed by atoms with van der Waals surface area (Å²) in [5, 5.41) is 0. The molecule has 0 spiro atoms. The molecule has 33 heavy (non-hydrogen) atoms. The van der Waals surface area contributed by atoms with E-state index in [2.05, 4.69) is 0 Å². The summed E-state index contributed by atoms with van der Waals surface area (Å²) in [6.45, 7) is 0. The Bertz CT molecular complexity index is 1270. The molecule has 166 valence electrons. The van der Waals surface area contributed by atoms with Crippen molar-refractivity contribution in [1.82, 2.24) is 4.90 Å². The molecule has 0 fully saturated rings. The highest BCUT2D eigenvalue weighted by Crippen LogP contribution is 2.45. The Morgan fingerprint density at radius 1 is 0.758 bits per heavy atom. The molecule has 1 atom stereocenters. The molecular weight excluding hydrogens is 435 g/mol. The van der Waals surface area contributed by atoms with Crippen molar-refractivity contribution in [3.05, 3.63) is 131 Å². The van der Waals surface area contributed by atoms with Gasteiger partial charge in [-0.15, -0.1) is 0 Å². The Hall–Kier alpha value is -3.87. The summed E-state index contributed by atoms with van der Waals surface area (Å²) in [5.41, 5.74) is 2.70. The third kappa shape index (κ3) is 3.91. The van der Waals surface area contributed by atoms with E-state index in [0.29, 0.717) is 16.8 Å². The molecule has 0 amide bonds. The maximum Gasteiger partial charge on any atom is 0.416 e. The van der Waals surface area contributed by atoms with E-state index in [4.69, 9.17) is 0 Å². The van der Waals surface area contributed by atoms with Gasteiger partial charge in [-0.2, -0.15) is 13.2 Å². The molecule has 3 aromatic rings. The molecule has 1 unspecified atom stereocenters. The van der Waals surface area contributed by atoms with Gasteiger partial charge in [0.25, 0.3) is 0 Å². The number of nitrogens with zero attached hydrogens (tertiary/aromatic N) is 2. The normalized spacial score (nSPS) is 17.7. The van der Waals surface area contributed by atoms with Gasteiger partial charge >= 0.3 is 6.18 Å². The lowest BCUT2D eigenvalue weighted by atomic mass is 9.98. The van der Waals surface area contributed by atoms with Crippen molar-refractivity contribution in [2.75, 3.05) is 4.90 Å². The minimum absolute atomic E-state index is 0.379. The van der Waals surface area contributed by atoms with E-state index in [9.17, 15) is 22.0 Å². The first-order valence-corrected chi connectivity index (χ1v) is 10.2. The molecule has 5 rings (SSSR count). The highest BCUT2D eigenvalue weighted by atomic mass is 19.4. The maximum absolute atomic E-state index is 14.1. The minimum atomic E-state index is -4.42. The average Bonchev–Trinajstić information content (AvgIpc) is 3.19. The van der Waals surface area contributed by atoms with E-state index >= 15 is 0 Å². The molecule has 7 heteroatoms. The quantitative estimate of drug-likeness (QED) is 0.386. The number of hydrogen-bond donors (Lipinski definition) is 0. The predicted molar refractivity (Wildman–Crippen MR) is 117 cm³/mol. The van der Waals surface area contributed by atoms with Gasteiger partial charge in [-0.25, -0.2) is 8.78 Å². The molecule has 0 aliphatic carbocycles. The van der Waals surface area contributed by atoms with Gasteiger partial charge in [0.15, 0.2) is 0 Å². The summed E-state index contributed by atoms with van der Waals surface area (Å²) in [5.74, 6) is -0.768. The van der Waals surface area contributed by atoms with Gasteiger partial charge in [0.2, 0.25) is 0 Å². The van der Waals surface area contributed by atoms with Crippen LogP contribution in [-0.4, -0.2) is 4.90 Å². The molecule has 0 aromatic heterocycles. The molecule has 2 aliphatic heterocycles. The van der Waals surface area contributed by atoms with Crippen molar-refractivity contribution < 1.29 is 22.0 Å². The van der Waals surface area contributed by atoms with Crippen molar-refractivity contribution in [1.29, 1.82) is 0 Å². The van der Waals surface area contributed by atoms with E-state index in [-0.39, 0.29) is 11.6 Å². The zero-order valence-electron chi connectivity index (χ0n) is 17.1. The third-order valence-corrected chi connectivity index (χ3v) is 5.65. The second-order valence-corrected chi connectivity index (χ2v) is 7.73. The first kappa shape index (κ1) is 21.0. The third-order valence-electron chi connectivity index (χ3n) is 5.65. The summed E-state index contributed by atoms with van der Waals surface area (Å²) in [7, 11) is 0. The molecule has 0 saturated carbocycles. The number of halogens is 5. The van der Waals surface area contributed by atoms with Gasteiger partial charge in [-0.3, -0.25) is 0 Å². The Morgan fingerprint density at radius 2 is 1.48 bits per heavy atom. The van der Waals surface area contributed by atoms with Crippen molar-refractivity contribution >= 4 is 11.3 Å². The number of fused-ring (bicyclic) bond motifs is 1. The SMILES string of the molecule is Fc1ccc(N2C=C3C(c4ccc(C(F)(F)F)cc4)=CC=CN3C2c2cccc(F)c2)cc1. The summed E-state index contributed by atoms with van der Waals surface area (Å²) < 4.78 is 66.6. The summed E-state index contributed by atoms with van der Waals surface area (Å²) in [6.07, 6.45) is 2.41. The molecule has 2 nitrogen and oxygen atoms in total. The molecule has 0 radical (unpaired) electrons.